The molecule has 148 valence electrons. The van der Waals surface area contributed by atoms with Gasteiger partial charge in [-0.2, -0.15) is 0 Å². The van der Waals surface area contributed by atoms with E-state index in [1.165, 1.54) is 13.3 Å². The van der Waals surface area contributed by atoms with Gasteiger partial charge in [0.2, 0.25) is 0 Å². The number of anilines is 3. The van der Waals surface area contributed by atoms with Crippen LogP contribution in [-0.2, 0) is 4.74 Å². The molecule has 7 nitrogen and oxygen atoms in total. The molecule has 0 aliphatic carbocycles. The van der Waals surface area contributed by atoms with Crippen LogP contribution in [0.4, 0.5) is 17.2 Å². The van der Waals surface area contributed by atoms with Gasteiger partial charge in [-0.1, -0.05) is 12.1 Å². The monoisotopic (exact) mass is 391 g/mol. The number of nitrogens with one attached hydrogen (secondary N) is 2. The molecule has 0 spiro atoms. The van der Waals surface area contributed by atoms with E-state index in [2.05, 4.69) is 15.6 Å². The first-order valence-corrected chi connectivity index (χ1v) is 8.87. The molecule has 1 heterocycles. The molecule has 0 aliphatic rings. The minimum absolute atomic E-state index is 0.289. The molecule has 2 aromatic carbocycles. The Bertz CT molecular complexity index is 1050. The second-order valence-electron chi connectivity index (χ2n) is 6.29. The molecular weight excluding hydrogens is 370 g/mol. The van der Waals surface area contributed by atoms with Crippen LogP contribution in [0.3, 0.4) is 0 Å². The molecule has 0 aliphatic heterocycles. The van der Waals surface area contributed by atoms with Gasteiger partial charge in [-0.3, -0.25) is 4.79 Å². The highest BCUT2D eigenvalue weighted by Gasteiger charge is 2.12. The maximum Gasteiger partial charge on any atom is 0.337 e. The molecule has 0 radical (unpaired) electrons. The molecule has 1 amide bonds. The molecule has 3 aromatic rings. The highest BCUT2D eigenvalue weighted by Crippen LogP contribution is 2.26. The summed E-state index contributed by atoms with van der Waals surface area (Å²) >= 11 is 0. The number of methoxy groups -OCH3 is 2. The van der Waals surface area contributed by atoms with E-state index < -0.39 is 5.97 Å². The van der Waals surface area contributed by atoms with Gasteiger partial charge in [0, 0.05) is 17.4 Å². The number of rotatable bonds is 6. The van der Waals surface area contributed by atoms with Crippen molar-refractivity contribution in [2.24, 2.45) is 0 Å². The Morgan fingerprint density at radius 1 is 0.966 bits per heavy atom. The van der Waals surface area contributed by atoms with Crippen LogP contribution in [0.2, 0.25) is 0 Å². The Hall–Kier alpha value is -3.87. The minimum Gasteiger partial charge on any atom is -0.495 e. The first kappa shape index (κ1) is 19.9. The molecule has 1 aromatic heterocycles. The number of hydrogen-bond donors (Lipinski definition) is 2. The smallest absolute Gasteiger partial charge is 0.337 e. The number of amides is 1. The second kappa shape index (κ2) is 8.88. The van der Waals surface area contributed by atoms with E-state index in [1.807, 2.05) is 19.1 Å². The molecule has 0 bridgehead atoms. The quantitative estimate of drug-likeness (QED) is 0.613. The van der Waals surface area contributed by atoms with Crippen molar-refractivity contribution in [2.75, 3.05) is 24.9 Å². The molecule has 0 saturated heterocycles. The summed E-state index contributed by atoms with van der Waals surface area (Å²) in [5.41, 5.74) is 3.09. The highest BCUT2D eigenvalue weighted by atomic mass is 16.5. The van der Waals surface area contributed by atoms with E-state index in [4.69, 9.17) is 9.47 Å². The molecule has 0 fully saturated rings. The summed E-state index contributed by atoms with van der Waals surface area (Å²) in [6.07, 6.45) is 1.54. The van der Waals surface area contributed by atoms with E-state index in [1.54, 1.807) is 49.6 Å². The largest absolute Gasteiger partial charge is 0.495 e. The number of benzene rings is 2. The Morgan fingerprint density at radius 3 is 2.55 bits per heavy atom. The summed E-state index contributed by atoms with van der Waals surface area (Å²) in [6.45, 7) is 1.94. The van der Waals surface area contributed by atoms with Crippen molar-refractivity contribution in [1.29, 1.82) is 0 Å². The fourth-order valence-corrected chi connectivity index (χ4v) is 2.74. The number of carbonyl (C=O) groups is 2. The summed E-state index contributed by atoms with van der Waals surface area (Å²) in [4.78, 5) is 28.6. The number of hydrogen-bond acceptors (Lipinski definition) is 6. The lowest BCUT2D eigenvalue weighted by molar-refractivity contribution is 0.0600. The third kappa shape index (κ3) is 4.90. The second-order valence-corrected chi connectivity index (χ2v) is 6.29. The maximum atomic E-state index is 12.7. The van der Waals surface area contributed by atoms with E-state index in [9.17, 15) is 9.59 Å². The van der Waals surface area contributed by atoms with Crippen LogP contribution in [0, 0.1) is 6.92 Å². The summed E-state index contributed by atoms with van der Waals surface area (Å²) in [6, 6.07) is 15.6. The maximum absolute atomic E-state index is 12.7. The van der Waals surface area contributed by atoms with Gasteiger partial charge in [0.15, 0.2) is 0 Å². The highest BCUT2D eigenvalue weighted by molar-refractivity contribution is 6.05. The zero-order valence-electron chi connectivity index (χ0n) is 16.4. The molecule has 7 heteroatoms. The number of aryl methyl sites for hydroxylation is 1. The van der Waals surface area contributed by atoms with Crippen molar-refractivity contribution in [3.05, 3.63) is 77.5 Å². The van der Waals surface area contributed by atoms with Crippen molar-refractivity contribution >= 4 is 29.1 Å². The number of pyridine rings is 1. The molecule has 0 atom stereocenters. The van der Waals surface area contributed by atoms with Crippen LogP contribution >= 0.6 is 0 Å². The van der Waals surface area contributed by atoms with Crippen molar-refractivity contribution in [3.63, 3.8) is 0 Å². The van der Waals surface area contributed by atoms with Crippen LogP contribution < -0.4 is 15.4 Å². The number of ether oxygens (including phenoxy) is 2. The van der Waals surface area contributed by atoms with Crippen LogP contribution in [-0.4, -0.2) is 31.1 Å². The van der Waals surface area contributed by atoms with Crippen LogP contribution in [0.15, 0.2) is 60.8 Å². The van der Waals surface area contributed by atoms with Crippen molar-refractivity contribution in [2.45, 2.75) is 6.92 Å². The molecule has 0 unspecified atom stereocenters. The number of nitrogens with zero attached hydrogens (tertiary/aromatic N) is 1. The van der Waals surface area contributed by atoms with E-state index in [-0.39, 0.29) is 5.91 Å². The number of aromatic nitrogens is 1. The third-order valence-corrected chi connectivity index (χ3v) is 4.18. The third-order valence-electron chi connectivity index (χ3n) is 4.18. The SMILES string of the molecule is COC(=O)c1cccc(Nc2cc(C(=O)Nc3cc(C)ccc3OC)ccn2)c1. The fourth-order valence-electron chi connectivity index (χ4n) is 2.74. The van der Waals surface area contributed by atoms with Gasteiger partial charge >= 0.3 is 5.97 Å². The molecule has 3 rings (SSSR count). The van der Waals surface area contributed by atoms with Crippen molar-refractivity contribution < 1.29 is 19.1 Å². The van der Waals surface area contributed by atoms with Crippen LogP contribution in [0.1, 0.15) is 26.3 Å². The average molecular weight is 391 g/mol. The van der Waals surface area contributed by atoms with E-state index in [0.29, 0.717) is 34.1 Å². The topological polar surface area (TPSA) is 89.5 Å². The summed E-state index contributed by atoms with van der Waals surface area (Å²) < 4.78 is 10.0. The first-order chi connectivity index (χ1) is 14.0. The van der Waals surface area contributed by atoms with Gasteiger partial charge < -0.3 is 20.1 Å². The number of carbonyl (C=O) groups excluding carboxylic acids is 2. The predicted octanol–water partition coefficient (Wildman–Crippen LogP) is 4.18. The van der Waals surface area contributed by atoms with Crippen LogP contribution in [0.25, 0.3) is 0 Å². The molecule has 29 heavy (non-hydrogen) atoms. The van der Waals surface area contributed by atoms with Crippen LogP contribution in [0.5, 0.6) is 5.75 Å². The van der Waals surface area contributed by atoms with Gasteiger partial charge in [-0.15, -0.1) is 0 Å². The lowest BCUT2D eigenvalue weighted by atomic mass is 10.2. The van der Waals surface area contributed by atoms with Gasteiger partial charge in [-0.05, 0) is 55.0 Å². The van der Waals surface area contributed by atoms with Gasteiger partial charge in [0.05, 0.1) is 25.5 Å². The number of esters is 1. The predicted molar refractivity (Wildman–Crippen MR) is 111 cm³/mol. The van der Waals surface area contributed by atoms with E-state index >= 15 is 0 Å². The minimum atomic E-state index is -0.429. The lowest BCUT2D eigenvalue weighted by Crippen LogP contribution is -2.13. The molecule has 0 saturated carbocycles. The zero-order chi connectivity index (χ0) is 20.8. The zero-order valence-corrected chi connectivity index (χ0v) is 16.4. The first-order valence-electron chi connectivity index (χ1n) is 8.87. The van der Waals surface area contributed by atoms with E-state index in [0.717, 1.165) is 5.56 Å². The summed E-state index contributed by atoms with van der Waals surface area (Å²) in [5, 5.41) is 5.95. The van der Waals surface area contributed by atoms with Gasteiger partial charge in [-0.25, -0.2) is 9.78 Å². The van der Waals surface area contributed by atoms with Gasteiger partial charge in [0.25, 0.3) is 5.91 Å². The Kier molecular flexibility index (Phi) is 6.09. The van der Waals surface area contributed by atoms with Gasteiger partial charge in [0.1, 0.15) is 11.6 Å². The summed E-state index contributed by atoms with van der Waals surface area (Å²) in [7, 11) is 2.88. The average Bonchev–Trinajstić information content (AvgIpc) is 2.73. The normalized spacial score (nSPS) is 10.2. The Labute approximate surface area is 168 Å². The standard InChI is InChI=1S/C22H21N3O4/c1-14-7-8-19(28-2)18(11-14)25-21(26)15-9-10-23-20(13-15)24-17-6-4-5-16(12-17)22(27)29-3/h4-13H,1-3H3,(H,23,24)(H,25,26). The summed E-state index contributed by atoms with van der Waals surface area (Å²) in [5.74, 6) is 0.330. The van der Waals surface area contributed by atoms with Crippen molar-refractivity contribution in [1.82, 2.24) is 4.98 Å². The Balaban J connectivity index is 1.78. The lowest BCUT2D eigenvalue weighted by Gasteiger charge is -2.12. The molecule has 2 N–H and O–H groups in total. The van der Waals surface area contributed by atoms with Crippen molar-refractivity contribution in [3.8, 4) is 5.75 Å². The molecular formula is C22H21N3O4. The Morgan fingerprint density at radius 2 is 1.79 bits per heavy atom. The fraction of sp³-hybridized carbons (Fsp3) is 0.136.